The molecule has 2 saturated heterocycles. The first-order chi connectivity index (χ1) is 16.0. The first-order valence-electron chi connectivity index (χ1n) is 12.8. The van der Waals surface area contributed by atoms with Gasteiger partial charge in [-0.1, -0.05) is 36.7 Å². The average Bonchev–Trinajstić information content (AvgIpc) is 3.03. The number of halogens is 1. The standard InChI is InChI=1S/C28H36ClNO3/c1-18-4-11-24(12-5-18)33-26-13-8-20-7-6-19(15-25(20)27(26)29)3-2-14-30-22-9-10-23(30)17-21(16-22)28(31)32/h6-8,13,15,18,21-24H,2-5,9-12,14,16-17H2,1H3,(H,31,32). The smallest absolute Gasteiger partial charge is 0.306 e. The topological polar surface area (TPSA) is 49.8 Å². The van der Waals surface area contributed by atoms with Gasteiger partial charge in [0.25, 0.3) is 0 Å². The number of aryl methyl sites for hydroxylation is 1. The fraction of sp³-hybridized carbons (Fsp3) is 0.607. The maximum absolute atomic E-state index is 11.4. The highest BCUT2D eigenvalue weighted by molar-refractivity contribution is 6.37. The lowest BCUT2D eigenvalue weighted by Gasteiger charge is -2.37. The predicted molar refractivity (Wildman–Crippen MR) is 133 cm³/mol. The van der Waals surface area contributed by atoms with Gasteiger partial charge in [0.1, 0.15) is 5.75 Å². The van der Waals surface area contributed by atoms with E-state index in [0.717, 1.165) is 85.4 Å². The number of rotatable bonds is 7. The summed E-state index contributed by atoms with van der Waals surface area (Å²) in [4.78, 5) is 14.0. The molecule has 178 valence electrons. The van der Waals surface area contributed by atoms with Crippen LogP contribution in [0.25, 0.3) is 10.8 Å². The third-order valence-electron chi connectivity index (χ3n) is 8.36. The largest absolute Gasteiger partial charge is 0.489 e. The molecule has 1 aliphatic carbocycles. The monoisotopic (exact) mass is 469 g/mol. The molecule has 2 aromatic carbocycles. The molecule has 0 aromatic heterocycles. The van der Waals surface area contributed by atoms with E-state index in [0.29, 0.717) is 12.1 Å². The molecule has 1 N–H and O–H groups in total. The first kappa shape index (κ1) is 23.0. The number of benzene rings is 2. The summed E-state index contributed by atoms with van der Waals surface area (Å²) >= 11 is 6.82. The number of carboxylic acids is 1. The van der Waals surface area contributed by atoms with Gasteiger partial charge in [0, 0.05) is 17.5 Å². The number of hydrogen-bond acceptors (Lipinski definition) is 3. The summed E-state index contributed by atoms with van der Waals surface area (Å²) in [6.07, 6.45) is 11.0. The van der Waals surface area contributed by atoms with Crippen LogP contribution in [0.15, 0.2) is 30.3 Å². The summed E-state index contributed by atoms with van der Waals surface area (Å²) in [5.74, 6) is 0.868. The van der Waals surface area contributed by atoms with Gasteiger partial charge in [0.05, 0.1) is 17.0 Å². The van der Waals surface area contributed by atoms with Crippen LogP contribution in [0.5, 0.6) is 5.75 Å². The van der Waals surface area contributed by atoms with E-state index >= 15 is 0 Å². The second kappa shape index (κ2) is 9.84. The van der Waals surface area contributed by atoms with Crippen molar-refractivity contribution >= 4 is 28.3 Å². The number of carbonyl (C=O) groups is 1. The summed E-state index contributed by atoms with van der Waals surface area (Å²) in [6, 6.07) is 11.7. The zero-order chi connectivity index (χ0) is 22.9. The molecule has 0 spiro atoms. The zero-order valence-corrected chi connectivity index (χ0v) is 20.4. The number of piperidine rings is 1. The molecule has 0 radical (unpaired) electrons. The highest BCUT2D eigenvalue weighted by Gasteiger charge is 2.42. The molecule has 4 nitrogen and oxygen atoms in total. The van der Waals surface area contributed by atoms with E-state index in [1.165, 1.54) is 18.4 Å². The molecule has 3 aliphatic rings. The van der Waals surface area contributed by atoms with Crippen molar-refractivity contribution < 1.29 is 14.6 Å². The van der Waals surface area contributed by atoms with Gasteiger partial charge in [-0.05, 0) is 99.8 Å². The second-order valence-corrected chi connectivity index (χ2v) is 11.0. The Hall–Kier alpha value is -1.78. The Morgan fingerprint density at radius 2 is 1.76 bits per heavy atom. The van der Waals surface area contributed by atoms with Crippen molar-refractivity contribution in [3.05, 3.63) is 40.9 Å². The Morgan fingerprint density at radius 1 is 1.06 bits per heavy atom. The molecule has 2 unspecified atom stereocenters. The van der Waals surface area contributed by atoms with Crippen LogP contribution >= 0.6 is 11.6 Å². The van der Waals surface area contributed by atoms with E-state index in [1.807, 2.05) is 6.07 Å². The van der Waals surface area contributed by atoms with Crippen molar-refractivity contribution in [2.45, 2.75) is 89.3 Å². The van der Waals surface area contributed by atoms with Crippen LogP contribution in [0.4, 0.5) is 0 Å². The summed E-state index contributed by atoms with van der Waals surface area (Å²) in [6.45, 7) is 3.38. The average molecular weight is 470 g/mol. The third kappa shape index (κ3) is 5.02. The normalized spacial score (nSPS) is 29.9. The molecule has 2 atom stereocenters. The second-order valence-electron chi connectivity index (χ2n) is 10.7. The number of hydrogen-bond donors (Lipinski definition) is 1. The molecule has 0 amide bonds. The molecule has 1 saturated carbocycles. The minimum Gasteiger partial charge on any atom is -0.489 e. The lowest BCUT2D eigenvalue weighted by molar-refractivity contribution is -0.144. The molecule has 3 fully saturated rings. The summed E-state index contributed by atoms with van der Waals surface area (Å²) < 4.78 is 6.32. The number of ether oxygens (including phenoxy) is 1. The predicted octanol–water partition coefficient (Wildman–Crippen LogP) is 6.71. The lowest BCUT2D eigenvalue weighted by Crippen LogP contribution is -2.45. The van der Waals surface area contributed by atoms with E-state index in [4.69, 9.17) is 16.3 Å². The minimum atomic E-state index is -0.610. The van der Waals surface area contributed by atoms with Gasteiger partial charge in [-0.2, -0.15) is 0 Å². The van der Waals surface area contributed by atoms with Gasteiger partial charge in [0.15, 0.2) is 0 Å². The molecule has 33 heavy (non-hydrogen) atoms. The molecular formula is C28H36ClNO3. The number of nitrogens with zero attached hydrogens (tertiary/aromatic N) is 1. The van der Waals surface area contributed by atoms with Crippen molar-refractivity contribution in [2.24, 2.45) is 11.8 Å². The van der Waals surface area contributed by atoms with Crippen LogP contribution < -0.4 is 4.74 Å². The van der Waals surface area contributed by atoms with Crippen LogP contribution in [0, 0.1) is 11.8 Å². The molecule has 2 aliphatic heterocycles. The Morgan fingerprint density at radius 3 is 2.45 bits per heavy atom. The van der Waals surface area contributed by atoms with Crippen molar-refractivity contribution in [1.29, 1.82) is 0 Å². The van der Waals surface area contributed by atoms with Gasteiger partial charge in [0.2, 0.25) is 0 Å². The third-order valence-corrected chi connectivity index (χ3v) is 8.75. The van der Waals surface area contributed by atoms with Gasteiger partial charge < -0.3 is 9.84 Å². The van der Waals surface area contributed by atoms with E-state index in [-0.39, 0.29) is 12.0 Å². The Kier molecular flexibility index (Phi) is 6.85. The van der Waals surface area contributed by atoms with E-state index in [9.17, 15) is 9.90 Å². The maximum Gasteiger partial charge on any atom is 0.306 e. The highest BCUT2D eigenvalue weighted by Crippen LogP contribution is 2.39. The highest BCUT2D eigenvalue weighted by atomic mass is 35.5. The van der Waals surface area contributed by atoms with Crippen LogP contribution in [0.1, 0.15) is 70.3 Å². The van der Waals surface area contributed by atoms with E-state index in [2.05, 4.69) is 36.1 Å². The summed E-state index contributed by atoms with van der Waals surface area (Å²) in [5, 5.41) is 12.4. The quantitative estimate of drug-likeness (QED) is 0.489. The van der Waals surface area contributed by atoms with Crippen LogP contribution in [0.2, 0.25) is 5.02 Å². The molecule has 2 bridgehead atoms. The lowest BCUT2D eigenvalue weighted by atomic mass is 9.89. The van der Waals surface area contributed by atoms with E-state index in [1.54, 1.807) is 0 Å². The Balaban J connectivity index is 1.21. The number of aliphatic carboxylic acids is 1. The SMILES string of the molecule is CC1CCC(Oc2ccc3ccc(CCCN4C5CCC4CC(C(=O)O)C5)cc3c2Cl)CC1. The summed E-state index contributed by atoms with van der Waals surface area (Å²) in [7, 11) is 0. The van der Waals surface area contributed by atoms with E-state index < -0.39 is 5.97 Å². The van der Waals surface area contributed by atoms with Crippen molar-refractivity contribution in [1.82, 2.24) is 4.90 Å². The van der Waals surface area contributed by atoms with Gasteiger partial charge in [-0.25, -0.2) is 0 Å². The first-order valence-corrected chi connectivity index (χ1v) is 13.2. The van der Waals surface area contributed by atoms with Crippen molar-refractivity contribution in [2.75, 3.05) is 6.54 Å². The van der Waals surface area contributed by atoms with Gasteiger partial charge >= 0.3 is 5.97 Å². The fourth-order valence-corrected chi connectivity index (χ4v) is 6.66. The molecule has 5 rings (SSSR count). The molecular weight excluding hydrogens is 434 g/mol. The fourth-order valence-electron chi connectivity index (χ4n) is 6.39. The van der Waals surface area contributed by atoms with Crippen LogP contribution in [0.3, 0.4) is 0 Å². The number of fused-ring (bicyclic) bond motifs is 3. The van der Waals surface area contributed by atoms with Crippen LogP contribution in [-0.2, 0) is 11.2 Å². The van der Waals surface area contributed by atoms with Gasteiger partial charge in [-0.3, -0.25) is 9.69 Å². The maximum atomic E-state index is 11.4. The van der Waals surface area contributed by atoms with Gasteiger partial charge in [-0.15, -0.1) is 0 Å². The Labute approximate surface area is 202 Å². The minimum absolute atomic E-state index is 0.144. The molecule has 2 heterocycles. The van der Waals surface area contributed by atoms with Crippen molar-refractivity contribution in [3.63, 3.8) is 0 Å². The zero-order valence-electron chi connectivity index (χ0n) is 19.6. The molecule has 2 aromatic rings. The number of carboxylic acid groups (broad SMARTS) is 1. The summed E-state index contributed by atoms with van der Waals surface area (Å²) in [5.41, 5.74) is 1.31. The van der Waals surface area contributed by atoms with Crippen molar-refractivity contribution in [3.8, 4) is 5.75 Å². The molecule has 5 heteroatoms. The Bertz CT molecular complexity index is 986. The van der Waals surface area contributed by atoms with Crippen LogP contribution in [-0.4, -0.2) is 40.7 Å².